The number of ketones is 1. The Morgan fingerprint density at radius 3 is 2.34 bits per heavy atom. The van der Waals surface area contributed by atoms with Crippen LogP contribution in [0, 0.1) is 17.0 Å². The average Bonchev–Trinajstić information content (AvgIpc) is 3.01. The van der Waals surface area contributed by atoms with Crippen molar-refractivity contribution in [3.05, 3.63) is 74.8 Å². The summed E-state index contributed by atoms with van der Waals surface area (Å²) >= 11 is 0. The number of aryl methyl sites for hydroxylation is 1. The summed E-state index contributed by atoms with van der Waals surface area (Å²) in [4.78, 5) is 38.8. The number of methoxy groups -OCH3 is 1. The highest BCUT2D eigenvalue weighted by molar-refractivity contribution is 6.46. The number of hydrogen-bond donors (Lipinski definition) is 1. The smallest absolute Gasteiger partial charge is 0.295 e. The van der Waals surface area contributed by atoms with Gasteiger partial charge in [-0.3, -0.25) is 19.7 Å². The number of rotatable bonds is 7. The molecule has 32 heavy (non-hydrogen) atoms. The number of amides is 1. The molecule has 1 unspecified atom stereocenters. The Labute approximate surface area is 185 Å². The SMILES string of the molecule is COc1ccc(/C([O-])=C2\C(=O)C(=O)N(CC[NH+](C)C)C2c2ccc([N+](=O)[O-])cc2)cc1C. The monoisotopic (exact) mass is 439 g/mol. The maximum Gasteiger partial charge on any atom is 0.295 e. The Kier molecular flexibility index (Phi) is 6.59. The molecule has 0 aliphatic carbocycles. The van der Waals surface area contributed by atoms with Gasteiger partial charge in [0.05, 0.1) is 45.3 Å². The average molecular weight is 439 g/mol. The van der Waals surface area contributed by atoms with E-state index >= 15 is 0 Å². The molecule has 0 saturated carbocycles. The van der Waals surface area contributed by atoms with Crippen LogP contribution in [0.5, 0.6) is 5.75 Å². The van der Waals surface area contributed by atoms with Crippen LogP contribution < -0.4 is 14.7 Å². The van der Waals surface area contributed by atoms with Gasteiger partial charge in [0.15, 0.2) is 0 Å². The summed E-state index contributed by atoms with van der Waals surface area (Å²) in [5.41, 5.74) is 1.19. The molecule has 0 aromatic heterocycles. The zero-order chi connectivity index (χ0) is 23.6. The van der Waals surface area contributed by atoms with E-state index < -0.39 is 28.4 Å². The second-order valence-electron chi connectivity index (χ2n) is 7.96. The summed E-state index contributed by atoms with van der Waals surface area (Å²) in [6.45, 7) is 2.60. The van der Waals surface area contributed by atoms with E-state index in [0.717, 1.165) is 10.5 Å². The molecule has 1 saturated heterocycles. The number of carbonyl (C=O) groups is 2. The molecule has 1 N–H and O–H groups in total. The van der Waals surface area contributed by atoms with Crippen LogP contribution in [0.3, 0.4) is 0 Å². The van der Waals surface area contributed by atoms with Crippen molar-refractivity contribution in [2.75, 3.05) is 34.3 Å². The molecule has 3 rings (SSSR count). The topological polar surface area (TPSA) is 117 Å². The third kappa shape index (κ3) is 4.33. The van der Waals surface area contributed by atoms with Gasteiger partial charge in [0, 0.05) is 17.7 Å². The molecule has 0 radical (unpaired) electrons. The van der Waals surface area contributed by atoms with Gasteiger partial charge in [-0.1, -0.05) is 11.8 Å². The lowest BCUT2D eigenvalue weighted by atomic mass is 9.94. The zero-order valence-corrected chi connectivity index (χ0v) is 18.4. The highest BCUT2D eigenvalue weighted by Gasteiger charge is 2.44. The molecule has 0 bridgehead atoms. The van der Waals surface area contributed by atoms with Gasteiger partial charge < -0.3 is 19.6 Å². The number of nitro groups is 1. The van der Waals surface area contributed by atoms with Crippen molar-refractivity contribution in [1.82, 2.24) is 4.90 Å². The molecular weight excluding hydrogens is 414 g/mol. The van der Waals surface area contributed by atoms with Gasteiger partial charge >= 0.3 is 0 Å². The van der Waals surface area contributed by atoms with Crippen molar-refractivity contribution in [3.8, 4) is 5.75 Å². The van der Waals surface area contributed by atoms with Crippen molar-refractivity contribution in [1.29, 1.82) is 0 Å². The molecule has 2 aromatic rings. The molecule has 1 amide bonds. The fraction of sp³-hybridized carbons (Fsp3) is 0.304. The third-order valence-corrected chi connectivity index (χ3v) is 5.46. The standard InChI is InChI=1S/C23H25N3O6/c1-14-13-16(7-10-18(14)32-4)21(27)19-20(15-5-8-17(9-6-15)26(30)31)25(12-11-24(2)3)23(29)22(19)28/h5-10,13,20,27H,11-12H2,1-4H3/b21-19+. The largest absolute Gasteiger partial charge is 0.872 e. The Balaban J connectivity index is 2.15. The van der Waals surface area contributed by atoms with Crippen molar-refractivity contribution in [3.63, 3.8) is 0 Å². The number of nitrogens with one attached hydrogen (secondary N) is 1. The summed E-state index contributed by atoms with van der Waals surface area (Å²) < 4.78 is 5.23. The molecule has 0 spiro atoms. The first kappa shape index (κ1) is 23.0. The number of hydrogen-bond acceptors (Lipinski definition) is 6. The summed E-state index contributed by atoms with van der Waals surface area (Å²) in [5, 5.41) is 24.4. The minimum absolute atomic E-state index is 0.118. The Morgan fingerprint density at radius 2 is 1.81 bits per heavy atom. The van der Waals surface area contributed by atoms with Crippen molar-refractivity contribution in [2.24, 2.45) is 0 Å². The lowest BCUT2D eigenvalue weighted by molar-refractivity contribution is -0.857. The van der Waals surface area contributed by atoms with Crippen molar-refractivity contribution >= 4 is 23.1 Å². The maximum absolute atomic E-state index is 13.4. The molecular formula is C23H25N3O6. The Bertz CT molecular complexity index is 1090. The number of carbonyl (C=O) groups excluding carboxylic acids is 2. The quantitative estimate of drug-likeness (QED) is 0.218. The minimum atomic E-state index is -0.912. The van der Waals surface area contributed by atoms with Crippen LogP contribution in [0.1, 0.15) is 22.7 Å². The van der Waals surface area contributed by atoms with Gasteiger partial charge in [-0.05, 0) is 47.9 Å². The molecule has 168 valence electrons. The molecule has 1 atom stereocenters. The second-order valence-corrected chi connectivity index (χ2v) is 7.96. The number of nitro benzene ring substituents is 1. The molecule has 2 aromatic carbocycles. The minimum Gasteiger partial charge on any atom is -0.872 e. The summed E-state index contributed by atoms with van der Waals surface area (Å²) in [6.07, 6.45) is 0. The summed E-state index contributed by atoms with van der Waals surface area (Å²) in [5.74, 6) is -1.54. The van der Waals surface area contributed by atoms with E-state index in [2.05, 4.69) is 0 Å². The number of nitrogens with zero attached hydrogens (tertiary/aromatic N) is 2. The van der Waals surface area contributed by atoms with E-state index in [1.165, 1.54) is 36.3 Å². The van der Waals surface area contributed by atoms with E-state index in [0.29, 0.717) is 17.9 Å². The highest BCUT2D eigenvalue weighted by atomic mass is 16.6. The van der Waals surface area contributed by atoms with Crippen molar-refractivity contribution < 1.29 is 29.3 Å². The predicted molar refractivity (Wildman–Crippen MR) is 115 cm³/mol. The zero-order valence-electron chi connectivity index (χ0n) is 18.4. The Morgan fingerprint density at radius 1 is 1.16 bits per heavy atom. The molecule has 9 nitrogen and oxygen atoms in total. The molecule has 1 fully saturated rings. The summed E-state index contributed by atoms with van der Waals surface area (Å²) in [7, 11) is 5.35. The van der Waals surface area contributed by atoms with Crippen LogP contribution in [0.4, 0.5) is 5.69 Å². The van der Waals surface area contributed by atoms with Crippen LogP contribution in [0.2, 0.25) is 0 Å². The molecule has 1 aliphatic heterocycles. The molecule has 1 aliphatic rings. The van der Waals surface area contributed by atoms with Crippen LogP contribution in [-0.2, 0) is 9.59 Å². The van der Waals surface area contributed by atoms with E-state index in [9.17, 15) is 24.8 Å². The fourth-order valence-electron chi connectivity index (χ4n) is 3.75. The van der Waals surface area contributed by atoms with Crippen LogP contribution in [0.15, 0.2) is 48.0 Å². The second kappa shape index (κ2) is 9.19. The van der Waals surface area contributed by atoms with Crippen LogP contribution in [-0.4, -0.2) is 55.8 Å². The summed E-state index contributed by atoms with van der Waals surface area (Å²) in [6, 6.07) is 9.47. The van der Waals surface area contributed by atoms with Gasteiger partial charge in [0.25, 0.3) is 11.6 Å². The van der Waals surface area contributed by atoms with Gasteiger partial charge in [-0.15, -0.1) is 0 Å². The first-order valence-corrected chi connectivity index (χ1v) is 10.1. The van der Waals surface area contributed by atoms with E-state index in [4.69, 9.17) is 4.74 Å². The third-order valence-electron chi connectivity index (χ3n) is 5.46. The van der Waals surface area contributed by atoms with Gasteiger partial charge in [-0.25, -0.2) is 0 Å². The van der Waals surface area contributed by atoms with Crippen LogP contribution in [0.25, 0.3) is 5.76 Å². The highest BCUT2D eigenvalue weighted by Crippen LogP contribution is 2.39. The number of ether oxygens (including phenoxy) is 1. The fourth-order valence-corrected chi connectivity index (χ4v) is 3.75. The van der Waals surface area contributed by atoms with E-state index in [1.807, 2.05) is 14.1 Å². The van der Waals surface area contributed by atoms with Crippen LogP contribution >= 0.6 is 0 Å². The number of quaternary nitrogens is 1. The Hall–Kier alpha value is -3.72. The van der Waals surface area contributed by atoms with Crippen molar-refractivity contribution in [2.45, 2.75) is 13.0 Å². The normalized spacial score (nSPS) is 17.8. The number of likely N-dealkylation sites (tertiary alicyclic amines) is 1. The lowest BCUT2D eigenvalue weighted by Gasteiger charge is -2.27. The molecule has 1 heterocycles. The van der Waals surface area contributed by atoms with E-state index in [-0.39, 0.29) is 23.4 Å². The first-order chi connectivity index (χ1) is 15.1. The number of likely N-dealkylation sites (N-methyl/N-ethyl adjacent to an activating group) is 1. The molecule has 9 heteroatoms. The number of non-ortho nitro benzene ring substituents is 1. The predicted octanol–water partition coefficient (Wildman–Crippen LogP) is 0.280. The number of benzene rings is 2. The maximum atomic E-state index is 13.4. The van der Waals surface area contributed by atoms with Gasteiger partial charge in [0.2, 0.25) is 5.78 Å². The lowest BCUT2D eigenvalue weighted by Crippen LogP contribution is -3.06. The van der Waals surface area contributed by atoms with E-state index in [1.54, 1.807) is 25.1 Å². The number of Topliss-reactive ketones (excluding diaryl/α,β-unsaturated/α-hetero) is 1. The van der Waals surface area contributed by atoms with Gasteiger partial charge in [0.1, 0.15) is 5.75 Å². The first-order valence-electron chi connectivity index (χ1n) is 10.1. The van der Waals surface area contributed by atoms with Gasteiger partial charge in [-0.2, -0.15) is 0 Å².